The molecule has 0 fully saturated rings. The average molecular weight is 417 g/mol. The summed E-state index contributed by atoms with van der Waals surface area (Å²) in [5.41, 5.74) is 0.728. The van der Waals surface area contributed by atoms with Crippen molar-refractivity contribution in [1.82, 2.24) is 5.32 Å². The number of fused-ring (bicyclic) bond motifs is 1. The van der Waals surface area contributed by atoms with Crippen molar-refractivity contribution in [3.05, 3.63) is 58.7 Å². The van der Waals surface area contributed by atoms with Crippen molar-refractivity contribution in [1.29, 1.82) is 0 Å². The van der Waals surface area contributed by atoms with Gasteiger partial charge >= 0.3 is 5.97 Å². The van der Waals surface area contributed by atoms with Gasteiger partial charge < -0.3 is 19.5 Å². The second-order valence-corrected chi connectivity index (χ2v) is 7.32. The number of nitrogens with one attached hydrogen (secondary N) is 1. The Balaban J connectivity index is 1.62. The van der Waals surface area contributed by atoms with E-state index in [1.165, 1.54) is 19.2 Å². The van der Waals surface area contributed by atoms with E-state index in [0.717, 1.165) is 16.9 Å². The maximum Gasteiger partial charge on any atom is 0.348 e. The zero-order valence-corrected chi connectivity index (χ0v) is 17.0. The smallest absolute Gasteiger partial charge is 0.348 e. The molecule has 6 nitrogen and oxygen atoms in total. The maximum atomic E-state index is 13.8. The Morgan fingerprint density at radius 2 is 1.93 bits per heavy atom. The highest BCUT2D eigenvalue weighted by Crippen LogP contribution is 2.30. The summed E-state index contributed by atoms with van der Waals surface area (Å²) in [4.78, 5) is 24.7. The van der Waals surface area contributed by atoms with Crippen LogP contribution in [0.2, 0.25) is 0 Å². The molecule has 0 spiro atoms. The van der Waals surface area contributed by atoms with Crippen molar-refractivity contribution < 1.29 is 28.2 Å². The molecule has 0 aliphatic carbocycles. The van der Waals surface area contributed by atoms with Crippen molar-refractivity contribution in [3.8, 4) is 11.5 Å². The second kappa shape index (κ2) is 8.91. The predicted molar refractivity (Wildman–Crippen MR) is 108 cm³/mol. The first-order chi connectivity index (χ1) is 13.9. The Hall–Kier alpha value is -3.13. The monoisotopic (exact) mass is 417 g/mol. The molecular formula is C21H20FNO5S. The number of rotatable bonds is 7. The zero-order chi connectivity index (χ0) is 21.0. The molecule has 2 aromatic carbocycles. The summed E-state index contributed by atoms with van der Waals surface area (Å²) in [5, 5.41) is 3.11. The third-order valence-corrected chi connectivity index (χ3v) is 5.41. The number of esters is 1. The molecule has 0 bridgehead atoms. The molecule has 0 radical (unpaired) electrons. The lowest BCUT2D eigenvalue weighted by Crippen LogP contribution is -2.31. The van der Waals surface area contributed by atoms with Crippen molar-refractivity contribution in [3.63, 3.8) is 0 Å². The highest BCUT2D eigenvalue weighted by atomic mass is 32.1. The summed E-state index contributed by atoms with van der Waals surface area (Å²) in [7, 11) is 3.09. The SMILES string of the molecule is COc1ccc(OC)c(C(C)NC(=O)COC(=O)c2cc3c(F)cccc3s2)c1. The number of methoxy groups -OCH3 is 2. The van der Waals surface area contributed by atoms with Crippen LogP contribution in [0.15, 0.2) is 42.5 Å². The molecule has 0 saturated heterocycles. The molecule has 1 N–H and O–H groups in total. The van der Waals surface area contributed by atoms with Gasteiger partial charge in [-0.2, -0.15) is 0 Å². The van der Waals surface area contributed by atoms with Gasteiger partial charge in [-0.25, -0.2) is 9.18 Å². The van der Waals surface area contributed by atoms with Crippen LogP contribution >= 0.6 is 11.3 Å². The Morgan fingerprint density at radius 3 is 2.62 bits per heavy atom. The van der Waals surface area contributed by atoms with Gasteiger partial charge in [0.25, 0.3) is 5.91 Å². The largest absolute Gasteiger partial charge is 0.497 e. The highest BCUT2D eigenvalue weighted by molar-refractivity contribution is 7.20. The molecule has 29 heavy (non-hydrogen) atoms. The van der Waals surface area contributed by atoms with Crippen molar-refractivity contribution in [2.75, 3.05) is 20.8 Å². The van der Waals surface area contributed by atoms with Gasteiger partial charge in [-0.05, 0) is 43.3 Å². The van der Waals surface area contributed by atoms with Gasteiger partial charge in [-0.1, -0.05) is 6.07 Å². The standard InChI is InChI=1S/C21H20FNO5S/c1-12(14-9-13(26-2)7-8-17(14)27-3)23-20(24)11-28-21(25)19-10-15-16(22)5-4-6-18(15)29-19/h4-10,12H,11H2,1-3H3,(H,23,24). The van der Waals surface area contributed by atoms with Crippen LogP contribution < -0.4 is 14.8 Å². The summed E-state index contributed by atoms with van der Waals surface area (Å²) in [5.74, 6) is -0.319. The first-order valence-corrected chi connectivity index (χ1v) is 9.61. The molecule has 0 aliphatic rings. The molecule has 1 atom stereocenters. The first-order valence-electron chi connectivity index (χ1n) is 8.79. The Morgan fingerprint density at radius 1 is 1.14 bits per heavy atom. The minimum atomic E-state index is -0.674. The molecule has 1 unspecified atom stereocenters. The van der Waals surface area contributed by atoms with Crippen LogP contribution in [0.25, 0.3) is 10.1 Å². The summed E-state index contributed by atoms with van der Waals surface area (Å²) in [6.07, 6.45) is 0. The second-order valence-electron chi connectivity index (χ2n) is 6.24. The molecule has 0 aliphatic heterocycles. The third kappa shape index (κ3) is 4.65. The number of carbonyl (C=O) groups is 2. The number of thiophene rings is 1. The molecule has 1 amide bonds. The minimum Gasteiger partial charge on any atom is -0.497 e. The Kier molecular flexibility index (Phi) is 6.33. The molecule has 3 rings (SSSR count). The lowest BCUT2D eigenvalue weighted by molar-refractivity contribution is -0.124. The van der Waals surface area contributed by atoms with Gasteiger partial charge in [0.15, 0.2) is 6.61 Å². The summed E-state index contributed by atoms with van der Waals surface area (Å²) in [6, 6.07) is 10.9. The van der Waals surface area contributed by atoms with E-state index in [9.17, 15) is 14.0 Å². The first kappa shape index (κ1) is 20.6. The van der Waals surface area contributed by atoms with Gasteiger partial charge in [-0.15, -0.1) is 11.3 Å². The average Bonchev–Trinajstić information content (AvgIpc) is 3.17. The van der Waals surface area contributed by atoms with E-state index in [2.05, 4.69) is 5.32 Å². The van der Waals surface area contributed by atoms with E-state index in [0.29, 0.717) is 21.6 Å². The number of hydrogen-bond donors (Lipinski definition) is 1. The third-order valence-electron chi connectivity index (χ3n) is 4.32. The van der Waals surface area contributed by atoms with Gasteiger partial charge in [0, 0.05) is 15.6 Å². The number of amides is 1. The van der Waals surface area contributed by atoms with Gasteiger partial charge in [0.1, 0.15) is 22.2 Å². The fourth-order valence-corrected chi connectivity index (χ4v) is 3.84. The van der Waals surface area contributed by atoms with Crippen LogP contribution in [0.3, 0.4) is 0 Å². The zero-order valence-electron chi connectivity index (χ0n) is 16.2. The van der Waals surface area contributed by atoms with Crippen molar-refractivity contribution in [2.45, 2.75) is 13.0 Å². The van der Waals surface area contributed by atoms with Crippen LogP contribution in [-0.4, -0.2) is 32.7 Å². The molecular weight excluding hydrogens is 397 g/mol. The lowest BCUT2D eigenvalue weighted by Gasteiger charge is -2.18. The van der Waals surface area contributed by atoms with Gasteiger partial charge in [-0.3, -0.25) is 4.79 Å². The minimum absolute atomic E-state index is 0.236. The molecule has 152 valence electrons. The van der Waals surface area contributed by atoms with E-state index in [1.54, 1.807) is 44.4 Å². The van der Waals surface area contributed by atoms with E-state index in [1.807, 2.05) is 0 Å². The summed E-state index contributed by atoms with van der Waals surface area (Å²) < 4.78 is 30.0. The fraction of sp³-hybridized carbons (Fsp3) is 0.238. The summed E-state index contributed by atoms with van der Waals surface area (Å²) >= 11 is 1.11. The van der Waals surface area contributed by atoms with Crippen LogP contribution in [0.1, 0.15) is 28.2 Å². The van der Waals surface area contributed by atoms with Crippen molar-refractivity contribution >= 4 is 33.3 Å². The van der Waals surface area contributed by atoms with Gasteiger partial charge in [0.2, 0.25) is 0 Å². The molecule has 8 heteroatoms. The molecule has 1 heterocycles. The Bertz CT molecular complexity index is 1050. The molecule has 0 saturated carbocycles. The topological polar surface area (TPSA) is 73.9 Å². The van der Waals surface area contributed by atoms with Crippen LogP contribution in [0.5, 0.6) is 11.5 Å². The molecule has 1 aromatic heterocycles. The Labute approximate surface area is 171 Å². The van der Waals surface area contributed by atoms with Crippen LogP contribution in [-0.2, 0) is 9.53 Å². The number of benzene rings is 2. The van der Waals surface area contributed by atoms with E-state index in [-0.39, 0.29) is 4.88 Å². The highest BCUT2D eigenvalue weighted by Gasteiger charge is 2.18. The summed E-state index contributed by atoms with van der Waals surface area (Å²) in [6.45, 7) is 1.33. The maximum absolute atomic E-state index is 13.8. The van der Waals surface area contributed by atoms with Crippen LogP contribution in [0.4, 0.5) is 4.39 Å². The lowest BCUT2D eigenvalue weighted by atomic mass is 10.1. The quantitative estimate of drug-likeness (QED) is 0.586. The number of hydrogen-bond acceptors (Lipinski definition) is 6. The van der Waals surface area contributed by atoms with Gasteiger partial charge in [0.05, 0.1) is 20.3 Å². The van der Waals surface area contributed by atoms with E-state index < -0.39 is 30.3 Å². The fourth-order valence-electron chi connectivity index (χ4n) is 2.87. The number of carbonyl (C=O) groups excluding carboxylic acids is 2. The normalized spacial score (nSPS) is 11.7. The number of ether oxygens (including phenoxy) is 3. The number of halogens is 1. The van der Waals surface area contributed by atoms with Crippen LogP contribution in [0, 0.1) is 5.82 Å². The van der Waals surface area contributed by atoms with E-state index >= 15 is 0 Å². The molecule has 3 aromatic rings. The van der Waals surface area contributed by atoms with Crippen molar-refractivity contribution in [2.24, 2.45) is 0 Å². The van der Waals surface area contributed by atoms with E-state index in [4.69, 9.17) is 14.2 Å². The predicted octanol–water partition coefficient (Wildman–Crippen LogP) is 4.09.